The number of benzene rings is 1. The number of carboxylic acids is 1. The summed E-state index contributed by atoms with van der Waals surface area (Å²) in [7, 11) is -3.55. The van der Waals surface area contributed by atoms with Crippen LogP contribution in [0.25, 0.3) is 11.6 Å². The molecule has 1 saturated heterocycles. The molecule has 1 aromatic carbocycles. The lowest BCUT2D eigenvalue weighted by Gasteiger charge is -2.13. The second kappa shape index (κ2) is 7.11. The van der Waals surface area contributed by atoms with Gasteiger partial charge >= 0.3 is 0 Å². The van der Waals surface area contributed by atoms with E-state index in [0.29, 0.717) is 18.0 Å². The minimum atomic E-state index is -3.55. The van der Waals surface area contributed by atoms with Crippen LogP contribution >= 0.6 is 11.3 Å². The van der Waals surface area contributed by atoms with E-state index in [4.69, 9.17) is 0 Å². The molecule has 0 unspecified atom stereocenters. The van der Waals surface area contributed by atoms with Crippen LogP contribution in [0.5, 0.6) is 0 Å². The van der Waals surface area contributed by atoms with Crippen LogP contribution in [0.15, 0.2) is 40.6 Å². The van der Waals surface area contributed by atoms with Crippen LogP contribution < -0.4 is 5.11 Å². The van der Waals surface area contributed by atoms with Crippen LogP contribution in [0.2, 0.25) is 0 Å². The molecule has 0 radical (unpaired) electrons. The number of carbonyl (C=O) groups excluding carboxylic acids is 1. The normalized spacial score (nSPS) is 16.3. The number of thiophene rings is 1. The molecule has 0 atom stereocenters. The summed E-state index contributed by atoms with van der Waals surface area (Å²) < 4.78 is 26.8. The summed E-state index contributed by atoms with van der Waals surface area (Å²) in [5.41, 5.74) is 1.68. The Morgan fingerprint density at radius 3 is 2.48 bits per heavy atom. The van der Waals surface area contributed by atoms with Gasteiger partial charge in [0.25, 0.3) is 10.0 Å². The summed E-state index contributed by atoms with van der Waals surface area (Å²) in [5.74, 6) is -1.32. The second-order valence-electron chi connectivity index (χ2n) is 5.93. The molecule has 2 aromatic rings. The van der Waals surface area contributed by atoms with Crippen molar-refractivity contribution in [3.05, 3.63) is 52.4 Å². The third-order valence-corrected chi connectivity index (χ3v) is 7.70. The number of aliphatic carboxylic acids is 1. The zero-order valence-electron chi connectivity index (χ0n) is 13.8. The first-order chi connectivity index (χ1) is 11.9. The molecule has 1 aromatic heterocycles. The van der Waals surface area contributed by atoms with E-state index >= 15 is 0 Å². The van der Waals surface area contributed by atoms with Crippen LogP contribution in [0.4, 0.5) is 0 Å². The highest BCUT2D eigenvalue weighted by Crippen LogP contribution is 2.32. The number of nitrogens with zero attached hydrogens (tertiary/aromatic N) is 1. The zero-order chi connectivity index (χ0) is 18.0. The first-order valence-corrected chi connectivity index (χ1v) is 10.2. The fraction of sp³-hybridized carbons (Fsp3) is 0.278. The van der Waals surface area contributed by atoms with Crippen molar-refractivity contribution in [1.29, 1.82) is 0 Å². The minimum absolute atomic E-state index is 0.0119. The van der Waals surface area contributed by atoms with E-state index < -0.39 is 16.0 Å². The van der Waals surface area contributed by atoms with E-state index in [9.17, 15) is 18.3 Å². The Hall–Kier alpha value is -1.96. The fourth-order valence-electron chi connectivity index (χ4n) is 2.79. The second-order valence-corrected chi connectivity index (χ2v) is 9.18. The monoisotopic (exact) mass is 376 g/mol. The van der Waals surface area contributed by atoms with E-state index in [-0.39, 0.29) is 9.78 Å². The average molecular weight is 376 g/mol. The minimum Gasteiger partial charge on any atom is -0.545 e. The standard InChI is InChI=1S/C18H19NO4S2/c1-13-6-2-3-7-14(13)12-15(18(20)21)16-8-9-17(24-16)25(22,23)19-10-4-5-11-19/h2-3,6-9,12H,4-5,10-11H2,1H3,(H,20,21)/p-1/b15-12-. The molecule has 1 fully saturated rings. The van der Waals surface area contributed by atoms with Gasteiger partial charge in [-0.25, -0.2) is 8.42 Å². The molecular weight excluding hydrogens is 358 g/mol. The first-order valence-electron chi connectivity index (χ1n) is 7.98. The third-order valence-electron chi connectivity index (χ3n) is 4.21. The molecule has 0 saturated carbocycles. The van der Waals surface area contributed by atoms with Gasteiger partial charge in [-0.3, -0.25) is 0 Å². The number of rotatable bonds is 5. The van der Waals surface area contributed by atoms with Gasteiger partial charge in [0, 0.05) is 23.5 Å². The smallest absolute Gasteiger partial charge is 0.252 e. The molecule has 25 heavy (non-hydrogen) atoms. The maximum Gasteiger partial charge on any atom is 0.252 e. The summed E-state index contributed by atoms with van der Waals surface area (Å²) >= 11 is 0.969. The lowest BCUT2D eigenvalue weighted by molar-refractivity contribution is -0.295. The SMILES string of the molecule is Cc1ccccc1/C=C(\C(=O)[O-])c1ccc(S(=O)(=O)N2CCCC2)s1. The lowest BCUT2D eigenvalue weighted by Crippen LogP contribution is -2.27. The van der Waals surface area contributed by atoms with Crippen molar-refractivity contribution < 1.29 is 18.3 Å². The summed E-state index contributed by atoms with van der Waals surface area (Å²) in [6, 6.07) is 10.4. The Labute approximate surface area is 151 Å². The van der Waals surface area contributed by atoms with Crippen molar-refractivity contribution in [3.63, 3.8) is 0 Å². The zero-order valence-corrected chi connectivity index (χ0v) is 15.4. The van der Waals surface area contributed by atoms with Crippen LogP contribution in [-0.2, 0) is 14.8 Å². The summed E-state index contributed by atoms with van der Waals surface area (Å²) in [6.07, 6.45) is 3.24. The van der Waals surface area contributed by atoms with Gasteiger partial charge < -0.3 is 9.90 Å². The van der Waals surface area contributed by atoms with E-state index in [2.05, 4.69) is 0 Å². The molecule has 7 heteroatoms. The van der Waals surface area contributed by atoms with Gasteiger partial charge in [0.1, 0.15) is 4.21 Å². The number of carbonyl (C=O) groups is 1. The summed E-state index contributed by atoms with van der Waals surface area (Å²) in [6.45, 7) is 2.92. The fourth-order valence-corrected chi connectivity index (χ4v) is 5.78. The lowest BCUT2D eigenvalue weighted by atomic mass is 10.1. The van der Waals surface area contributed by atoms with Crippen molar-refractivity contribution in [1.82, 2.24) is 4.31 Å². The van der Waals surface area contributed by atoms with Gasteiger partial charge in [0.15, 0.2) is 0 Å². The highest BCUT2D eigenvalue weighted by molar-refractivity contribution is 7.91. The third kappa shape index (κ3) is 3.68. The largest absolute Gasteiger partial charge is 0.545 e. The molecule has 0 N–H and O–H groups in total. The van der Waals surface area contributed by atoms with Crippen LogP contribution in [0, 0.1) is 6.92 Å². The van der Waals surface area contributed by atoms with Crippen molar-refractivity contribution in [3.8, 4) is 0 Å². The topological polar surface area (TPSA) is 77.5 Å². The maximum absolute atomic E-state index is 12.6. The molecule has 5 nitrogen and oxygen atoms in total. The molecule has 0 amide bonds. The van der Waals surface area contributed by atoms with Gasteiger partial charge in [-0.2, -0.15) is 4.31 Å². The summed E-state index contributed by atoms with van der Waals surface area (Å²) in [5, 5.41) is 11.6. The Balaban J connectivity index is 1.98. The van der Waals surface area contributed by atoms with Crippen molar-refractivity contribution in [2.45, 2.75) is 24.0 Å². The first kappa shape index (κ1) is 17.8. The van der Waals surface area contributed by atoms with Crippen molar-refractivity contribution >= 4 is 39.0 Å². The molecule has 2 heterocycles. The number of hydrogen-bond donors (Lipinski definition) is 0. The Morgan fingerprint density at radius 2 is 1.84 bits per heavy atom. The number of aryl methyl sites for hydroxylation is 1. The van der Waals surface area contributed by atoms with Crippen molar-refractivity contribution in [2.75, 3.05) is 13.1 Å². The molecule has 3 rings (SSSR count). The molecule has 0 spiro atoms. The Kier molecular flexibility index (Phi) is 5.08. The quantitative estimate of drug-likeness (QED) is 0.749. The molecular formula is C18H18NO4S2-. The number of hydrogen-bond acceptors (Lipinski definition) is 5. The van der Waals surface area contributed by atoms with Gasteiger partial charge in [0.05, 0.1) is 5.97 Å². The molecule has 132 valence electrons. The summed E-state index contributed by atoms with van der Waals surface area (Å²) in [4.78, 5) is 12.0. The molecule has 0 aliphatic carbocycles. The van der Waals surface area contributed by atoms with Gasteiger partial charge in [-0.1, -0.05) is 24.3 Å². The van der Waals surface area contributed by atoms with Gasteiger partial charge in [-0.05, 0) is 49.1 Å². The van der Waals surface area contributed by atoms with Crippen molar-refractivity contribution in [2.24, 2.45) is 0 Å². The van der Waals surface area contributed by atoms with E-state index in [1.807, 2.05) is 31.2 Å². The van der Waals surface area contributed by atoms with Crippen LogP contribution in [0.1, 0.15) is 28.8 Å². The Bertz CT molecular complexity index is 922. The predicted octanol–water partition coefficient (Wildman–Crippen LogP) is 2.13. The van der Waals surface area contributed by atoms with E-state index in [1.165, 1.54) is 22.5 Å². The van der Waals surface area contributed by atoms with Gasteiger partial charge in [-0.15, -0.1) is 11.3 Å². The number of carboxylic acid groups (broad SMARTS) is 1. The Morgan fingerprint density at radius 1 is 1.16 bits per heavy atom. The molecule has 0 bridgehead atoms. The predicted molar refractivity (Wildman–Crippen MR) is 96.4 cm³/mol. The van der Waals surface area contributed by atoms with E-state index in [0.717, 1.165) is 35.3 Å². The molecule has 1 aliphatic rings. The highest BCUT2D eigenvalue weighted by Gasteiger charge is 2.28. The molecule has 1 aliphatic heterocycles. The highest BCUT2D eigenvalue weighted by atomic mass is 32.2. The van der Waals surface area contributed by atoms with Crippen LogP contribution in [-0.4, -0.2) is 31.8 Å². The van der Waals surface area contributed by atoms with Crippen LogP contribution in [0.3, 0.4) is 0 Å². The van der Waals surface area contributed by atoms with Gasteiger partial charge in [0.2, 0.25) is 0 Å². The van der Waals surface area contributed by atoms with E-state index in [1.54, 1.807) is 0 Å². The average Bonchev–Trinajstić information content (AvgIpc) is 3.26. The maximum atomic E-state index is 12.6. The number of sulfonamides is 1.